The van der Waals surface area contributed by atoms with E-state index in [2.05, 4.69) is 9.97 Å². The summed E-state index contributed by atoms with van der Waals surface area (Å²) in [7, 11) is 0. The van der Waals surface area contributed by atoms with Gasteiger partial charge in [0.05, 0.1) is 33.3 Å². The summed E-state index contributed by atoms with van der Waals surface area (Å²) < 4.78 is 2.83. The fourth-order valence-electron chi connectivity index (χ4n) is 5.15. The zero-order valence-corrected chi connectivity index (χ0v) is 21.3. The van der Waals surface area contributed by atoms with Crippen LogP contribution >= 0.6 is 0 Å². The zero-order valence-electron chi connectivity index (χ0n) is 21.3. The van der Waals surface area contributed by atoms with Crippen LogP contribution in [0.1, 0.15) is 0 Å². The Kier molecular flexibility index (Phi) is 5.64. The number of benzene rings is 5. The molecule has 0 N–H and O–H groups in total. The van der Waals surface area contributed by atoms with Gasteiger partial charge in [0, 0.05) is 12.4 Å². The van der Waals surface area contributed by atoms with Crippen molar-refractivity contribution < 1.29 is 0 Å². The van der Waals surface area contributed by atoms with E-state index < -0.39 is 11.2 Å². The van der Waals surface area contributed by atoms with Gasteiger partial charge >= 0.3 is 5.69 Å². The van der Waals surface area contributed by atoms with Crippen LogP contribution in [-0.2, 0) is 0 Å². The second-order valence-electron chi connectivity index (χ2n) is 9.51. The predicted octanol–water partition coefficient (Wildman–Crippen LogP) is 6.42. The molecule has 0 atom stereocenters. The van der Waals surface area contributed by atoms with Crippen molar-refractivity contribution in [2.24, 2.45) is 0 Å². The third-order valence-electron chi connectivity index (χ3n) is 7.07. The van der Waals surface area contributed by atoms with Crippen molar-refractivity contribution in [3.63, 3.8) is 0 Å². The van der Waals surface area contributed by atoms with Gasteiger partial charge in [-0.25, -0.2) is 9.36 Å². The molecule has 0 aliphatic rings. The summed E-state index contributed by atoms with van der Waals surface area (Å²) in [5.74, 6) is 0. The summed E-state index contributed by atoms with van der Waals surface area (Å²) >= 11 is 0. The highest BCUT2D eigenvalue weighted by molar-refractivity contribution is 5.93. The maximum Gasteiger partial charge on any atom is 0.340 e. The van der Waals surface area contributed by atoms with Crippen LogP contribution in [0.2, 0.25) is 0 Å². The highest BCUT2D eigenvalue weighted by atomic mass is 16.2. The molecule has 40 heavy (non-hydrogen) atoms. The Morgan fingerprint density at radius 3 is 1.55 bits per heavy atom. The summed E-state index contributed by atoms with van der Waals surface area (Å²) in [6.07, 6.45) is 3.19. The van der Waals surface area contributed by atoms with Crippen LogP contribution in [0.3, 0.4) is 0 Å². The lowest BCUT2D eigenvalue weighted by Gasteiger charge is -2.16. The van der Waals surface area contributed by atoms with Gasteiger partial charge in [-0.2, -0.15) is 0 Å². The number of rotatable bonds is 4. The van der Waals surface area contributed by atoms with E-state index in [1.807, 2.05) is 103 Å². The molecule has 0 radical (unpaired) electrons. The molecule has 0 amide bonds. The van der Waals surface area contributed by atoms with Gasteiger partial charge in [-0.3, -0.25) is 19.3 Å². The molecule has 7 rings (SSSR count). The van der Waals surface area contributed by atoms with E-state index in [4.69, 9.17) is 0 Å². The second-order valence-corrected chi connectivity index (χ2v) is 9.51. The molecular weight excluding hydrogens is 496 g/mol. The molecule has 0 bridgehead atoms. The number of hydrogen-bond acceptors (Lipinski definition) is 4. The second kappa shape index (κ2) is 9.60. The highest BCUT2D eigenvalue weighted by Gasteiger charge is 2.18. The minimum atomic E-state index is -0.462. The van der Waals surface area contributed by atoms with Crippen molar-refractivity contribution >= 4 is 21.9 Å². The van der Waals surface area contributed by atoms with Crippen molar-refractivity contribution in [1.82, 2.24) is 19.1 Å². The summed E-state index contributed by atoms with van der Waals surface area (Å²) in [5, 5.41) is 0.378. The Bertz CT molecular complexity index is 2150. The van der Waals surface area contributed by atoms with E-state index in [-0.39, 0.29) is 0 Å². The highest BCUT2D eigenvalue weighted by Crippen LogP contribution is 2.26. The summed E-state index contributed by atoms with van der Waals surface area (Å²) in [4.78, 5) is 37.2. The number of aromatic nitrogens is 4. The normalized spacial score (nSPS) is 11.2. The zero-order chi connectivity index (χ0) is 27.1. The number of nitrogens with zero attached hydrogens (tertiary/aromatic N) is 4. The average Bonchev–Trinajstić information content (AvgIpc) is 3.02. The van der Waals surface area contributed by atoms with Gasteiger partial charge in [0.25, 0.3) is 5.56 Å². The maximum absolute atomic E-state index is 14.3. The molecule has 190 valence electrons. The maximum atomic E-state index is 14.3. The van der Waals surface area contributed by atoms with Gasteiger partial charge in [-0.05, 0) is 58.7 Å². The molecular formula is C34H22N4O2. The first kappa shape index (κ1) is 23.5. The number of hydrogen-bond donors (Lipinski definition) is 0. The minimum absolute atomic E-state index is 0.378. The van der Waals surface area contributed by atoms with Crippen LogP contribution in [0.25, 0.3) is 55.6 Å². The largest absolute Gasteiger partial charge is 0.340 e. The molecule has 0 aliphatic carbocycles. The van der Waals surface area contributed by atoms with Crippen LogP contribution in [0, 0.1) is 0 Å². The average molecular weight is 519 g/mol. The monoisotopic (exact) mass is 518 g/mol. The van der Waals surface area contributed by atoms with Gasteiger partial charge in [-0.1, -0.05) is 84.9 Å². The molecule has 6 heteroatoms. The molecule has 6 nitrogen and oxygen atoms in total. The smallest absolute Gasteiger partial charge is 0.268 e. The Labute approximate surface area is 229 Å². The standard InChI is InChI=1S/C34H22N4O2/c39-33-29-21-30-31(36-18-17-35-30)22-32(29)37(27-15-7-13-25(19-27)23-9-3-1-4-10-23)34(40)38(33)28-16-8-14-26(20-28)24-11-5-2-6-12-24/h1-22H. The summed E-state index contributed by atoms with van der Waals surface area (Å²) in [5.41, 5.74) is 5.82. The van der Waals surface area contributed by atoms with Crippen LogP contribution in [0.4, 0.5) is 0 Å². The first-order valence-electron chi connectivity index (χ1n) is 12.9. The van der Waals surface area contributed by atoms with Crippen molar-refractivity contribution in [2.45, 2.75) is 0 Å². The molecule has 0 unspecified atom stereocenters. The molecule has 7 aromatic rings. The molecule has 0 saturated carbocycles. The van der Waals surface area contributed by atoms with E-state index in [0.29, 0.717) is 33.3 Å². The van der Waals surface area contributed by atoms with Crippen molar-refractivity contribution in [3.05, 3.63) is 155 Å². The fraction of sp³-hybridized carbons (Fsp3) is 0. The van der Waals surface area contributed by atoms with Gasteiger partial charge in [0.15, 0.2) is 0 Å². The van der Waals surface area contributed by atoms with E-state index in [1.165, 1.54) is 4.57 Å². The molecule has 0 spiro atoms. The Balaban J connectivity index is 1.55. The van der Waals surface area contributed by atoms with Gasteiger partial charge in [0.2, 0.25) is 0 Å². The van der Waals surface area contributed by atoms with E-state index in [0.717, 1.165) is 22.3 Å². The Morgan fingerprint density at radius 2 is 0.975 bits per heavy atom. The summed E-state index contributed by atoms with van der Waals surface area (Å²) in [6.45, 7) is 0. The lowest BCUT2D eigenvalue weighted by molar-refractivity contribution is 0.835. The fourth-order valence-corrected chi connectivity index (χ4v) is 5.15. The quantitative estimate of drug-likeness (QED) is 0.252. The van der Waals surface area contributed by atoms with Gasteiger partial charge < -0.3 is 0 Å². The Morgan fingerprint density at radius 1 is 0.475 bits per heavy atom. The first-order chi connectivity index (χ1) is 19.7. The van der Waals surface area contributed by atoms with E-state index in [1.54, 1.807) is 35.2 Å². The lowest BCUT2D eigenvalue weighted by atomic mass is 10.0. The van der Waals surface area contributed by atoms with Crippen LogP contribution < -0.4 is 11.2 Å². The third kappa shape index (κ3) is 3.99. The van der Waals surface area contributed by atoms with E-state index in [9.17, 15) is 9.59 Å². The molecule has 2 aromatic heterocycles. The van der Waals surface area contributed by atoms with Crippen molar-refractivity contribution in [1.29, 1.82) is 0 Å². The third-order valence-corrected chi connectivity index (χ3v) is 7.07. The minimum Gasteiger partial charge on any atom is -0.268 e. The molecule has 0 saturated heterocycles. The first-order valence-corrected chi connectivity index (χ1v) is 12.9. The Hall–Kier alpha value is -5.62. The van der Waals surface area contributed by atoms with Crippen LogP contribution in [0.15, 0.2) is 143 Å². The predicted molar refractivity (Wildman–Crippen MR) is 159 cm³/mol. The van der Waals surface area contributed by atoms with Crippen molar-refractivity contribution in [2.75, 3.05) is 0 Å². The SMILES string of the molecule is O=c1c2cc3nccnc3cc2n(-c2cccc(-c3ccccc3)c2)c(=O)n1-c1cccc(-c2ccccc2)c1. The number of fused-ring (bicyclic) bond motifs is 2. The summed E-state index contributed by atoms with van der Waals surface area (Å²) in [6, 6.07) is 38.6. The molecule has 2 heterocycles. The molecule has 0 fully saturated rings. The van der Waals surface area contributed by atoms with E-state index >= 15 is 0 Å². The topological polar surface area (TPSA) is 69.8 Å². The molecule has 0 aliphatic heterocycles. The van der Waals surface area contributed by atoms with Gasteiger partial charge in [0.1, 0.15) is 0 Å². The van der Waals surface area contributed by atoms with Crippen LogP contribution in [0.5, 0.6) is 0 Å². The van der Waals surface area contributed by atoms with Crippen LogP contribution in [-0.4, -0.2) is 19.1 Å². The van der Waals surface area contributed by atoms with Gasteiger partial charge in [-0.15, -0.1) is 0 Å². The van der Waals surface area contributed by atoms with Crippen molar-refractivity contribution in [3.8, 4) is 33.6 Å². The lowest BCUT2D eigenvalue weighted by Crippen LogP contribution is -2.38. The molecule has 5 aromatic carbocycles.